The van der Waals surface area contributed by atoms with Gasteiger partial charge in [0.1, 0.15) is 4.32 Å². The van der Waals surface area contributed by atoms with Crippen molar-refractivity contribution in [2.24, 2.45) is 0 Å². The topological polar surface area (TPSA) is 105 Å². The maximum absolute atomic E-state index is 12.6. The summed E-state index contributed by atoms with van der Waals surface area (Å²) in [6, 6.07) is 10.0. The molecular weight excluding hydrogens is 568 g/mol. The molecule has 2 aromatic rings. The molecule has 34 heavy (non-hydrogen) atoms. The Labute approximate surface area is 218 Å². The number of benzene rings is 2. The third-order valence-corrected chi connectivity index (χ3v) is 6.67. The average Bonchev–Trinajstić information content (AvgIpc) is 3.04. The molecular formula is C22H18BrClN2O6S2. The molecule has 1 fully saturated rings. The van der Waals surface area contributed by atoms with Gasteiger partial charge in [0.2, 0.25) is 0 Å². The molecule has 1 aliphatic heterocycles. The second-order valence-electron chi connectivity index (χ2n) is 6.85. The fraction of sp³-hybridized carbons (Fsp3) is 0.182. The van der Waals surface area contributed by atoms with Gasteiger partial charge in [-0.05, 0) is 64.0 Å². The lowest BCUT2D eigenvalue weighted by atomic mass is 10.2. The molecule has 2 amide bonds. The van der Waals surface area contributed by atoms with Crippen molar-refractivity contribution in [1.29, 1.82) is 0 Å². The molecule has 1 heterocycles. The van der Waals surface area contributed by atoms with Gasteiger partial charge in [0.15, 0.2) is 18.1 Å². The van der Waals surface area contributed by atoms with Crippen LogP contribution < -0.4 is 14.8 Å². The first-order chi connectivity index (χ1) is 16.2. The Morgan fingerprint density at radius 2 is 2.00 bits per heavy atom. The number of thiocarbonyl (C=S) groups is 1. The van der Waals surface area contributed by atoms with Gasteiger partial charge >= 0.3 is 5.97 Å². The summed E-state index contributed by atoms with van der Waals surface area (Å²) in [6.07, 6.45) is 1.43. The molecule has 0 bridgehead atoms. The lowest BCUT2D eigenvalue weighted by molar-refractivity contribution is -0.137. The summed E-state index contributed by atoms with van der Waals surface area (Å²) in [5.41, 5.74) is 1.21. The zero-order valence-electron chi connectivity index (χ0n) is 17.7. The summed E-state index contributed by atoms with van der Waals surface area (Å²) in [4.78, 5) is 37.3. The minimum atomic E-state index is -1.01. The van der Waals surface area contributed by atoms with Crippen molar-refractivity contribution in [1.82, 2.24) is 4.90 Å². The minimum absolute atomic E-state index is 0.00914. The highest BCUT2D eigenvalue weighted by Gasteiger charge is 2.32. The van der Waals surface area contributed by atoms with E-state index in [-0.39, 0.29) is 31.4 Å². The van der Waals surface area contributed by atoms with Crippen molar-refractivity contribution in [3.8, 4) is 11.5 Å². The molecule has 2 N–H and O–H groups in total. The number of amides is 2. The molecule has 0 saturated carbocycles. The summed E-state index contributed by atoms with van der Waals surface area (Å²) in [5.74, 6) is -1.07. The van der Waals surface area contributed by atoms with Gasteiger partial charge in [0, 0.05) is 17.3 Å². The summed E-state index contributed by atoms with van der Waals surface area (Å²) >= 11 is 15.6. The van der Waals surface area contributed by atoms with Crippen LogP contribution in [-0.4, -0.2) is 52.4 Å². The third-order valence-electron chi connectivity index (χ3n) is 4.45. The van der Waals surface area contributed by atoms with Crippen molar-refractivity contribution in [3.05, 3.63) is 56.4 Å². The van der Waals surface area contributed by atoms with Crippen LogP contribution in [0.1, 0.15) is 12.0 Å². The number of methoxy groups -OCH3 is 1. The molecule has 3 rings (SSSR count). The normalized spacial score (nSPS) is 14.4. The summed E-state index contributed by atoms with van der Waals surface area (Å²) < 4.78 is 11.9. The second-order valence-corrected chi connectivity index (χ2v) is 9.82. The number of carbonyl (C=O) groups excluding carboxylic acids is 2. The summed E-state index contributed by atoms with van der Waals surface area (Å²) in [6.45, 7) is -0.256. The predicted octanol–water partition coefficient (Wildman–Crippen LogP) is 4.80. The van der Waals surface area contributed by atoms with Crippen LogP contribution in [0.3, 0.4) is 0 Å². The van der Waals surface area contributed by atoms with Crippen LogP contribution >= 0.6 is 51.5 Å². The van der Waals surface area contributed by atoms with Crippen molar-refractivity contribution < 1.29 is 29.0 Å². The Morgan fingerprint density at radius 3 is 2.65 bits per heavy atom. The zero-order valence-corrected chi connectivity index (χ0v) is 21.6. The second kappa shape index (κ2) is 11.7. The smallest absolute Gasteiger partial charge is 0.305 e. The van der Waals surface area contributed by atoms with Gasteiger partial charge in [-0.25, -0.2) is 0 Å². The van der Waals surface area contributed by atoms with Crippen LogP contribution in [0.4, 0.5) is 5.69 Å². The van der Waals surface area contributed by atoms with Gasteiger partial charge in [0.05, 0.1) is 22.9 Å². The van der Waals surface area contributed by atoms with E-state index in [1.807, 2.05) is 0 Å². The number of rotatable bonds is 9. The minimum Gasteiger partial charge on any atom is -0.493 e. The Bertz CT molecular complexity index is 1170. The van der Waals surface area contributed by atoms with Crippen molar-refractivity contribution in [2.45, 2.75) is 6.42 Å². The SMILES string of the molecule is COc1cc(/C=C2\SC(=S)N(CCC(=O)O)C2=O)cc(Br)c1OCC(=O)Nc1ccc(Cl)cc1. The molecule has 0 radical (unpaired) electrons. The first-order valence-electron chi connectivity index (χ1n) is 9.71. The van der Waals surface area contributed by atoms with Crippen LogP contribution in [0, 0.1) is 0 Å². The van der Waals surface area contributed by atoms with E-state index in [9.17, 15) is 14.4 Å². The molecule has 178 valence electrons. The number of anilines is 1. The van der Waals surface area contributed by atoms with E-state index in [0.717, 1.165) is 11.8 Å². The molecule has 8 nitrogen and oxygen atoms in total. The highest BCUT2D eigenvalue weighted by atomic mass is 79.9. The number of aliphatic carboxylic acids is 1. The van der Waals surface area contributed by atoms with Gasteiger partial charge in [-0.3, -0.25) is 19.3 Å². The number of hydrogen-bond acceptors (Lipinski definition) is 7. The Hall–Kier alpha value is -2.60. The Morgan fingerprint density at radius 1 is 1.29 bits per heavy atom. The van der Waals surface area contributed by atoms with Gasteiger partial charge < -0.3 is 19.9 Å². The van der Waals surface area contributed by atoms with E-state index in [2.05, 4.69) is 21.2 Å². The molecule has 0 aliphatic carbocycles. The summed E-state index contributed by atoms with van der Waals surface area (Å²) in [7, 11) is 1.46. The Kier molecular flexibility index (Phi) is 8.95. The van der Waals surface area contributed by atoms with Crippen LogP contribution in [0.15, 0.2) is 45.8 Å². The lowest BCUT2D eigenvalue weighted by Crippen LogP contribution is -2.30. The van der Waals surface area contributed by atoms with E-state index < -0.39 is 5.97 Å². The monoisotopic (exact) mass is 584 g/mol. The molecule has 1 aliphatic rings. The standard InChI is InChI=1S/C22H18BrClN2O6S2/c1-31-16-9-12(10-17-21(30)26(22(33)34-17)7-6-19(28)29)8-15(23)20(16)32-11-18(27)25-14-4-2-13(24)3-5-14/h2-5,8-10H,6-7,11H2,1H3,(H,25,27)(H,28,29)/b17-10-. The molecule has 1 saturated heterocycles. The number of nitrogens with zero attached hydrogens (tertiary/aromatic N) is 1. The lowest BCUT2D eigenvalue weighted by Gasteiger charge is -2.14. The number of ether oxygens (including phenoxy) is 2. The fourth-order valence-electron chi connectivity index (χ4n) is 2.88. The molecule has 2 aromatic carbocycles. The van der Waals surface area contributed by atoms with E-state index >= 15 is 0 Å². The maximum Gasteiger partial charge on any atom is 0.305 e. The molecule has 0 spiro atoms. The number of carbonyl (C=O) groups is 3. The quantitative estimate of drug-likeness (QED) is 0.319. The number of carboxylic acid groups (broad SMARTS) is 1. The number of carboxylic acids is 1. The van der Waals surface area contributed by atoms with Gasteiger partial charge in [-0.15, -0.1) is 0 Å². The molecule has 0 aromatic heterocycles. The molecule has 0 atom stereocenters. The maximum atomic E-state index is 12.6. The molecule has 0 unspecified atom stereocenters. The van der Waals surface area contributed by atoms with E-state index in [0.29, 0.717) is 41.5 Å². The van der Waals surface area contributed by atoms with Crippen LogP contribution in [0.2, 0.25) is 5.02 Å². The van der Waals surface area contributed by atoms with Gasteiger partial charge in [-0.1, -0.05) is 35.6 Å². The van der Waals surface area contributed by atoms with Crippen LogP contribution in [0.25, 0.3) is 6.08 Å². The Balaban J connectivity index is 1.71. The van der Waals surface area contributed by atoms with Gasteiger partial charge in [0.25, 0.3) is 11.8 Å². The van der Waals surface area contributed by atoms with Crippen LogP contribution in [0.5, 0.6) is 11.5 Å². The van der Waals surface area contributed by atoms with Crippen molar-refractivity contribution in [3.63, 3.8) is 0 Å². The fourth-order valence-corrected chi connectivity index (χ4v) is 4.89. The largest absolute Gasteiger partial charge is 0.493 e. The first-order valence-corrected chi connectivity index (χ1v) is 12.1. The van der Waals surface area contributed by atoms with Crippen LogP contribution in [-0.2, 0) is 14.4 Å². The average molecular weight is 586 g/mol. The number of thioether (sulfide) groups is 1. The van der Waals surface area contributed by atoms with Gasteiger partial charge in [-0.2, -0.15) is 0 Å². The number of hydrogen-bond donors (Lipinski definition) is 2. The van der Waals surface area contributed by atoms with E-state index in [1.165, 1.54) is 12.0 Å². The highest BCUT2D eigenvalue weighted by molar-refractivity contribution is 9.10. The zero-order chi connectivity index (χ0) is 24.8. The first kappa shape index (κ1) is 26.0. The van der Waals surface area contributed by atoms with E-state index in [1.54, 1.807) is 42.5 Å². The third kappa shape index (κ3) is 6.72. The van der Waals surface area contributed by atoms with E-state index in [4.69, 9.17) is 38.4 Å². The summed E-state index contributed by atoms with van der Waals surface area (Å²) in [5, 5.41) is 12.1. The number of halogens is 2. The van der Waals surface area contributed by atoms with Crippen molar-refractivity contribution >= 4 is 85.4 Å². The van der Waals surface area contributed by atoms with Crippen molar-refractivity contribution in [2.75, 3.05) is 25.6 Å². The highest BCUT2D eigenvalue weighted by Crippen LogP contribution is 2.39. The predicted molar refractivity (Wildman–Crippen MR) is 138 cm³/mol. The number of nitrogens with one attached hydrogen (secondary N) is 1. The molecule has 12 heteroatoms.